The lowest BCUT2D eigenvalue weighted by Crippen LogP contribution is -2.62. The van der Waals surface area contributed by atoms with Crippen molar-refractivity contribution in [3.05, 3.63) is 0 Å². The molecule has 5 N–H and O–H groups in total. The lowest BCUT2D eigenvalue weighted by atomic mass is 9.41. The second kappa shape index (κ2) is 12.5. The number of carbonyl (C=O) groups is 2. The fraction of sp³-hybridized carbons (Fsp3) is 0.941. The summed E-state index contributed by atoms with van der Waals surface area (Å²) in [7, 11) is 1.19. The highest BCUT2D eigenvalue weighted by atomic mass is 16.6. The molecule has 0 aromatic rings. The van der Waals surface area contributed by atoms with E-state index in [0.29, 0.717) is 30.1 Å². The fourth-order valence-corrected chi connectivity index (χ4v) is 11.4. The normalized spacial score (nSPS) is 50.1. The SMILES string of the molecule is CC[C@H]1[C@@H](O)C2C3CC[C@H]([C@H](C)CCC(=O)O[C@@H]4C[C@H](C(=O)OC)[C@@H](O)[C@H](O)[C@H]4O)[C@@]3(C)CCC2[C@@]2(C)CC[C@@H](O)C[C@@H]12. The molecule has 0 heterocycles. The molecule has 43 heavy (non-hydrogen) atoms. The minimum absolute atomic E-state index is 0.0919. The zero-order chi connectivity index (χ0) is 31.4. The highest BCUT2D eigenvalue weighted by molar-refractivity contribution is 5.74. The van der Waals surface area contributed by atoms with E-state index in [1.165, 1.54) is 7.11 Å². The quantitative estimate of drug-likeness (QED) is 0.274. The molecule has 5 saturated carbocycles. The molecule has 0 spiro atoms. The predicted octanol–water partition coefficient (Wildman–Crippen LogP) is 3.22. The first kappa shape index (κ1) is 33.1. The Labute approximate surface area is 256 Å². The second-order valence-corrected chi connectivity index (χ2v) is 15.5. The van der Waals surface area contributed by atoms with Crippen molar-refractivity contribution in [2.45, 2.75) is 135 Å². The van der Waals surface area contributed by atoms with Gasteiger partial charge in [-0.1, -0.05) is 34.1 Å². The lowest BCUT2D eigenvalue weighted by Gasteiger charge is -2.64. The van der Waals surface area contributed by atoms with Crippen molar-refractivity contribution in [1.82, 2.24) is 0 Å². The Morgan fingerprint density at radius 3 is 2.19 bits per heavy atom. The van der Waals surface area contributed by atoms with Gasteiger partial charge in [0.2, 0.25) is 0 Å². The summed E-state index contributed by atoms with van der Waals surface area (Å²) in [5.41, 5.74) is 0.257. The molecule has 0 aliphatic heterocycles. The Balaban J connectivity index is 1.23. The topological polar surface area (TPSA) is 154 Å². The molecule has 5 rings (SSSR count). The monoisotopic (exact) mass is 608 g/mol. The molecule has 3 unspecified atom stereocenters. The van der Waals surface area contributed by atoms with Gasteiger partial charge < -0.3 is 35.0 Å². The summed E-state index contributed by atoms with van der Waals surface area (Å²) in [5, 5.41) is 53.3. The van der Waals surface area contributed by atoms with E-state index < -0.39 is 42.3 Å². The third-order valence-electron chi connectivity index (χ3n) is 13.7. The van der Waals surface area contributed by atoms with Crippen molar-refractivity contribution in [3.63, 3.8) is 0 Å². The van der Waals surface area contributed by atoms with Crippen LogP contribution in [0.4, 0.5) is 0 Å². The summed E-state index contributed by atoms with van der Waals surface area (Å²) >= 11 is 0. The number of hydrogen-bond donors (Lipinski definition) is 5. The number of carbonyl (C=O) groups excluding carboxylic acids is 2. The summed E-state index contributed by atoms with van der Waals surface area (Å²) in [6.45, 7) is 9.29. The van der Waals surface area contributed by atoms with Gasteiger partial charge in [0.25, 0.3) is 0 Å². The van der Waals surface area contributed by atoms with Gasteiger partial charge >= 0.3 is 11.9 Å². The van der Waals surface area contributed by atoms with Crippen molar-refractivity contribution in [1.29, 1.82) is 0 Å². The molecule has 5 fully saturated rings. The van der Waals surface area contributed by atoms with Gasteiger partial charge in [-0.05, 0) is 104 Å². The smallest absolute Gasteiger partial charge is 0.311 e. The Kier molecular flexibility index (Phi) is 9.63. The number of hydrogen-bond acceptors (Lipinski definition) is 9. The van der Waals surface area contributed by atoms with Crippen LogP contribution in [0.15, 0.2) is 0 Å². The fourth-order valence-electron chi connectivity index (χ4n) is 11.4. The van der Waals surface area contributed by atoms with E-state index in [4.69, 9.17) is 9.47 Å². The van der Waals surface area contributed by atoms with Crippen LogP contribution in [-0.2, 0) is 19.1 Å². The van der Waals surface area contributed by atoms with E-state index in [9.17, 15) is 35.1 Å². The van der Waals surface area contributed by atoms with Crippen molar-refractivity contribution in [3.8, 4) is 0 Å². The second-order valence-electron chi connectivity index (χ2n) is 15.5. The zero-order valence-corrected chi connectivity index (χ0v) is 26.7. The molecule has 246 valence electrons. The van der Waals surface area contributed by atoms with Gasteiger partial charge in [0.05, 0.1) is 31.3 Å². The highest BCUT2D eigenvalue weighted by Crippen LogP contribution is 2.69. The molecule has 9 nitrogen and oxygen atoms in total. The van der Waals surface area contributed by atoms with Crippen LogP contribution in [-0.4, -0.2) is 81.2 Å². The molecule has 0 radical (unpaired) electrons. The largest absolute Gasteiger partial charge is 0.469 e. The van der Waals surface area contributed by atoms with E-state index in [-0.39, 0.29) is 53.6 Å². The van der Waals surface area contributed by atoms with Gasteiger partial charge in [-0.25, -0.2) is 0 Å². The van der Waals surface area contributed by atoms with E-state index in [1.54, 1.807) is 0 Å². The number of ether oxygens (including phenoxy) is 2. The van der Waals surface area contributed by atoms with Crippen LogP contribution in [0.1, 0.15) is 98.3 Å². The van der Waals surface area contributed by atoms with E-state index in [0.717, 1.165) is 51.4 Å². The first-order valence-corrected chi connectivity index (χ1v) is 17.0. The molecule has 0 aromatic heterocycles. The molecule has 16 atom stereocenters. The Morgan fingerprint density at radius 2 is 1.51 bits per heavy atom. The van der Waals surface area contributed by atoms with Crippen LogP contribution < -0.4 is 0 Å². The standard InChI is InChI=1S/C34H56O9/c1-6-19-24-15-18(35)11-13-34(24,4)23-12-14-33(3)21(8-9-22(33)27(23)28(19)37)17(2)7-10-26(36)43-25-16-20(32(41)42-5)29(38)31(40)30(25)39/h17-25,27-31,35,37-40H,6-16H2,1-5H3/t17-,18-,19-,20+,21-,22?,23?,24+,25-,27?,28-,29-,30+,31+,33-,34-/m1/s1. The predicted molar refractivity (Wildman–Crippen MR) is 158 cm³/mol. The summed E-state index contributed by atoms with van der Waals surface area (Å²) in [6, 6.07) is 0. The maximum atomic E-state index is 12.9. The summed E-state index contributed by atoms with van der Waals surface area (Å²) < 4.78 is 10.3. The van der Waals surface area contributed by atoms with Gasteiger partial charge in [-0.15, -0.1) is 0 Å². The first-order chi connectivity index (χ1) is 20.3. The third kappa shape index (κ3) is 5.57. The minimum Gasteiger partial charge on any atom is -0.469 e. The molecule has 0 aromatic carbocycles. The average Bonchev–Trinajstić information content (AvgIpc) is 3.34. The summed E-state index contributed by atoms with van der Waals surface area (Å²) in [4.78, 5) is 25.0. The van der Waals surface area contributed by atoms with Gasteiger partial charge in [0.1, 0.15) is 18.3 Å². The maximum absolute atomic E-state index is 12.9. The summed E-state index contributed by atoms with van der Waals surface area (Å²) in [5.74, 6) is 0.213. The third-order valence-corrected chi connectivity index (χ3v) is 13.7. The van der Waals surface area contributed by atoms with Crippen LogP contribution in [0, 0.1) is 58.2 Å². The van der Waals surface area contributed by atoms with E-state index in [1.807, 2.05) is 0 Å². The van der Waals surface area contributed by atoms with Crippen LogP contribution >= 0.6 is 0 Å². The van der Waals surface area contributed by atoms with Crippen molar-refractivity contribution >= 4 is 11.9 Å². The van der Waals surface area contributed by atoms with Gasteiger partial charge in [0.15, 0.2) is 0 Å². The number of esters is 2. The molecule has 9 heteroatoms. The maximum Gasteiger partial charge on any atom is 0.311 e. The Bertz CT molecular complexity index is 1020. The summed E-state index contributed by atoms with van der Waals surface area (Å²) in [6.07, 6.45) is 2.47. The average molecular weight is 609 g/mol. The van der Waals surface area contributed by atoms with Gasteiger partial charge in [-0.2, -0.15) is 0 Å². The first-order valence-electron chi connectivity index (χ1n) is 17.0. The van der Waals surface area contributed by atoms with Crippen LogP contribution in [0.2, 0.25) is 0 Å². The molecule has 0 amide bonds. The number of methoxy groups -OCH3 is 1. The van der Waals surface area contributed by atoms with Gasteiger partial charge in [0, 0.05) is 12.8 Å². The molecular formula is C34H56O9. The number of aliphatic hydroxyl groups excluding tert-OH is 5. The molecular weight excluding hydrogens is 552 g/mol. The van der Waals surface area contributed by atoms with Crippen molar-refractivity contribution in [2.24, 2.45) is 58.2 Å². The number of aliphatic hydroxyl groups is 5. The Hall–Kier alpha value is -1.26. The number of fused-ring (bicyclic) bond motifs is 5. The van der Waals surface area contributed by atoms with E-state index >= 15 is 0 Å². The van der Waals surface area contributed by atoms with Gasteiger partial charge in [-0.3, -0.25) is 9.59 Å². The Morgan fingerprint density at radius 1 is 0.837 bits per heavy atom. The van der Waals surface area contributed by atoms with Crippen LogP contribution in [0.25, 0.3) is 0 Å². The zero-order valence-electron chi connectivity index (χ0n) is 26.7. The molecule has 0 bridgehead atoms. The van der Waals surface area contributed by atoms with E-state index in [2.05, 4.69) is 27.7 Å². The highest BCUT2D eigenvalue weighted by Gasteiger charge is 2.65. The minimum atomic E-state index is -1.61. The molecule has 0 saturated heterocycles. The van der Waals surface area contributed by atoms with Crippen molar-refractivity contribution < 1.29 is 44.6 Å². The van der Waals surface area contributed by atoms with Crippen molar-refractivity contribution in [2.75, 3.05) is 7.11 Å². The number of rotatable bonds is 7. The van der Waals surface area contributed by atoms with Crippen LogP contribution in [0.3, 0.4) is 0 Å². The molecule has 5 aliphatic carbocycles. The molecule has 5 aliphatic rings. The lowest BCUT2D eigenvalue weighted by molar-refractivity contribution is -0.203. The van der Waals surface area contributed by atoms with Crippen LogP contribution in [0.5, 0.6) is 0 Å².